The molecule has 0 fully saturated rings. The molecule has 0 aliphatic carbocycles. The van der Waals surface area contributed by atoms with Crippen LogP contribution in [0.5, 0.6) is 0 Å². The molecule has 0 radical (unpaired) electrons. The van der Waals surface area contributed by atoms with E-state index in [4.69, 9.17) is 14.2 Å². The number of benzene rings is 1. The van der Waals surface area contributed by atoms with Crippen LogP contribution in [0.3, 0.4) is 0 Å². The summed E-state index contributed by atoms with van der Waals surface area (Å²) in [6.45, 7) is 23.7. The van der Waals surface area contributed by atoms with Crippen LogP contribution in [-0.4, -0.2) is 48.0 Å². The molecule has 38 heavy (non-hydrogen) atoms. The second kappa shape index (κ2) is 13.4. The van der Waals surface area contributed by atoms with Gasteiger partial charge in [0, 0.05) is 22.1 Å². The summed E-state index contributed by atoms with van der Waals surface area (Å²) in [5.41, 5.74) is 1.55. The Hall–Kier alpha value is -4.14. The van der Waals surface area contributed by atoms with Crippen LogP contribution in [-0.2, 0) is 34.0 Å². The van der Waals surface area contributed by atoms with Gasteiger partial charge in [-0.05, 0) is 38.8 Å². The SMILES string of the molecule is C=C(C)C(=O)OCC(C(OC(=O)C(=C)C)OC(=O)C(=C)C)C(NC(=O)O)C(C)(C)c1ccc(C(=C)C)cc1. The minimum Gasteiger partial charge on any atom is -0.465 e. The van der Waals surface area contributed by atoms with Crippen LogP contribution in [0.1, 0.15) is 52.7 Å². The monoisotopic (exact) mass is 527 g/mol. The highest BCUT2D eigenvalue weighted by molar-refractivity contribution is 5.89. The molecule has 206 valence electrons. The molecule has 1 aromatic rings. The summed E-state index contributed by atoms with van der Waals surface area (Å²) in [6.07, 6.45) is -3.07. The number of allylic oxidation sites excluding steroid dienone is 1. The molecule has 2 unspecified atom stereocenters. The maximum absolute atomic E-state index is 12.5. The van der Waals surface area contributed by atoms with Crippen molar-refractivity contribution in [3.8, 4) is 0 Å². The Balaban J connectivity index is 3.74. The molecule has 0 spiro atoms. The number of rotatable bonds is 13. The van der Waals surface area contributed by atoms with E-state index in [9.17, 15) is 24.3 Å². The van der Waals surface area contributed by atoms with Gasteiger partial charge < -0.3 is 24.6 Å². The Morgan fingerprint density at radius 3 is 1.66 bits per heavy atom. The van der Waals surface area contributed by atoms with E-state index in [-0.39, 0.29) is 16.7 Å². The van der Waals surface area contributed by atoms with Crippen LogP contribution in [0.4, 0.5) is 4.79 Å². The molecular weight excluding hydrogens is 490 g/mol. The number of carbonyl (C=O) groups excluding carboxylic acids is 3. The van der Waals surface area contributed by atoms with Gasteiger partial charge >= 0.3 is 24.0 Å². The minimum atomic E-state index is -1.67. The fourth-order valence-corrected chi connectivity index (χ4v) is 3.56. The standard InChI is InChI=1S/C29H37NO8/c1-16(2)20-11-13-21(14-12-20)29(9,10)23(30-28(34)35)22(15-36-24(31)17(3)4)27(37-25(32)18(5)6)38-26(33)19(7)8/h11-14,22-23,27,30H,1,3,5,7,15H2,2,4,6,8-10H3,(H,34,35). The number of ether oxygens (including phenoxy) is 3. The van der Waals surface area contributed by atoms with Crippen LogP contribution in [0, 0.1) is 5.92 Å². The third kappa shape index (κ3) is 8.76. The average molecular weight is 528 g/mol. The lowest BCUT2D eigenvalue weighted by Crippen LogP contribution is -2.57. The number of carboxylic acid groups (broad SMARTS) is 1. The highest BCUT2D eigenvalue weighted by Gasteiger charge is 2.45. The normalized spacial score (nSPS) is 12.5. The van der Waals surface area contributed by atoms with Gasteiger partial charge in [-0.15, -0.1) is 0 Å². The number of amides is 1. The quantitative estimate of drug-likeness (QED) is 0.210. The molecule has 9 nitrogen and oxygen atoms in total. The Morgan fingerprint density at radius 1 is 0.842 bits per heavy atom. The summed E-state index contributed by atoms with van der Waals surface area (Å²) in [6, 6.07) is 6.20. The van der Waals surface area contributed by atoms with Crippen LogP contribution < -0.4 is 5.32 Å². The molecule has 0 aliphatic rings. The average Bonchev–Trinajstić information content (AvgIpc) is 2.82. The molecule has 0 aliphatic heterocycles. The molecule has 0 saturated heterocycles. The predicted octanol–water partition coefficient (Wildman–Crippen LogP) is 4.93. The van der Waals surface area contributed by atoms with Gasteiger partial charge in [0.25, 0.3) is 6.29 Å². The predicted molar refractivity (Wildman–Crippen MR) is 144 cm³/mol. The molecule has 0 aromatic heterocycles. The second-order valence-corrected chi connectivity index (χ2v) is 9.79. The van der Waals surface area contributed by atoms with E-state index >= 15 is 0 Å². The van der Waals surface area contributed by atoms with Crippen molar-refractivity contribution in [2.45, 2.75) is 59.3 Å². The Bertz CT molecular complexity index is 1100. The Morgan fingerprint density at radius 2 is 1.29 bits per heavy atom. The van der Waals surface area contributed by atoms with Gasteiger partial charge in [0.1, 0.15) is 6.61 Å². The largest absolute Gasteiger partial charge is 0.465 e. The zero-order valence-corrected chi connectivity index (χ0v) is 22.9. The summed E-state index contributed by atoms with van der Waals surface area (Å²) < 4.78 is 16.3. The maximum atomic E-state index is 12.5. The molecule has 1 rings (SSSR count). The van der Waals surface area contributed by atoms with E-state index in [2.05, 4.69) is 31.6 Å². The lowest BCUT2D eigenvalue weighted by Gasteiger charge is -2.41. The van der Waals surface area contributed by atoms with Crippen molar-refractivity contribution in [2.75, 3.05) is 6.61 Å². The lowest BCUT2D eigenvalue weighted by molar-refractivity contribution is -0.200. The van der Waals surface area contributed by atoms with Crippen molar-refractivity contribution in [1.82, 2.24) is 5.32 Å². The van der Waals surface area contributed by atoms with Gasteiger partial charge in [0.15, 0.2) is 0 Å². The number of nitrogens with one attached hydrogen (secondary N) is 1. The molecule has 0 heterocycles. The van der Waals surface area contributed by atoms with Crippen molar-refractivity contribution < 1.29 is 38.5 Å². The first kappa shape index (κ1) is 31.9. The van der Waals surface area contributed by atoms with Gasteiger partial charge in [-0.2, -0.15) is 0 Å². The minimum absolute atomic E-state index is 0.0106. The van der Waals surface area contributed by atoms with Gasteiger partial charge in [-0.1, -0.05) is 70.0 Å². The van der Waals surface area contributed by atoms with Crippen molar-refractivity contribution in [2.24, 2.45) is 5.92 Å². The first-order valence-electron chi connectivity index (χ1n) is 11.8. The fraction of sp³-hybridized carbons (Fsp3) is 0.379. The first-order chi connectivity index (χ1) is 17.5. The van der Waals surface area contributed by atoms with Crippen molar-refractivity contribution in [3.05, 3.63) is 78.4 Å². The molecule has 1 aromatic carbocycles. The highest BCUT2D eigenvalue weighted by atomic mass is 16.7. The molecule has 9 heteroatoms. The van der Waals surface area contributed by atoms with E-state index in [1.165, 1.54) is 20.8 Å². The van der Waals surface area contributed by atoms with E-state index in [0.29, 0.717) is 5.56 Å². The number of hydrogen-bond acceptors (Lipinski definition) is 7. The van der Waals surface area contributed by atoms with Crippen molar-refractivity contribution >= 4 is 29.6 Å². The van der Waals surface area contributed by atoms with Crippen LogP contribution in [0.2, 0.25) is 0 Å². The Kier molecular flexibility index (Phi) is 11.3. The zero-order chi connectivity index (χ0) is 29.4. The summed E-state index contributed by atoms with van der Waals surface area (Å²) in [4.78, 5) is 49.3. The van der Waals surface area contributed by atoms with Crippen molar-refractivity contribution in [1.29, 1.82) is 0 Å². The van der Waals surface area contributed by atoms with E-state index in [1.807, 2.05) is 31.2 Å². The molecule has 0 bridgehead atoms. The summed E-state index contributed by atoms with van der Waals surface area (Å²) in [5, 5.41) is 12.2. The van der Waals surface area contributed by atoms with E-state index in [1.54, 1.807) is 13.8 Å². The Labute approximate surface area is 223 Å². The van der Waals surface area contributed by atoms with E-state index in [0.717, 1.165) is 11.1 Å². The number of esters is 3. The lowest BCUT2D eigenvalue weighted by atomic mass is 9.72. The smallest absolute Gasteiger partial charge is 0.404 e. The molecular formula is C29H37NO8. The molecule has 2 atom stereocenters. The highest BCUT2D eigenvalue weighted by Crippen LogP contribution is 2.35. The fourth-order valence-electron chi connectivity index (χ4n) is 3.56. The molecule has 2 N–H and O–H groups in total. The maximum Gasteiger partial charge on any atom is 0.404 e. The van der Waals surface area contributed by atoms with Gasteiger partial charge in [0.2, 0.25) is 0 Å². The molecule has 0 saturated carbocycles. The summed E-state index contributed by atoms with van der Waals surface area (Å²) in [7, 11) is 0. The third-order valence-corrected chi connectivity index (χ3v) is 5.85. The third-order valence-electron chi connectivity index (χ3n) is 5.85. The van der Waals surface area contributed by atoms with Crippen molar-refractivity contribution in [3.63, 3.8) is 0 Å². The van der Waals surface area contributed by atoms with E-state index < -0.39 is 54.3 Å². The van der Waals surface area contributed by atoms with Gasteiger partial charge in [-0.3, -0.25) is 0 Å². The number of carbonyl (C=O) groups is 4. The second-order valence-electron chi connectivity index (χ2n) is 9.79. The summed E-state index contributed by atoms with van der Waals surface area (Å²) in [5.74, 6) is -3.74. The summed E-state index contributed by atoms with van der Waals surface area (Å²) >= 11 is 0. The van der Waals surface area contributed by atoms with Crippen LogP contribution >= 0.6 is 0 Å². The number of hydrogen-bond donors (Lipinski definition) is 2. The molecule has 1 amide bonds. The van der Waals surface area contributed by atoms with Crippen LogP contribution in [0.25, 0.3) is 5.57 Å². The van der Waals surface area contributed by atoms with Gasteiger partial charge in [0.05, 0.1) is 12.0 Å². The first-order valence-corrected chi connectivity index (χ1v) is 11.8. The topological polar surface area (TPSA) is 128 Å². The van der Waals surface area contributed by atoms with Gasteiger partial charge in [-0.25, -0.2) is 19.2 Å². The van der Waals surface area contributed by atoms with Crippen LogP contribution in [0.15, 0.2) is 67.3 Å². The zero-order valence-electron chi connectivity index (χ0n) is 22.9.